The molecular formula is C13H14N2OS. The van der Waals surface area contributed by atoms with E-state index in [9.17, 15) is 4.79 Å². The zero-order chi connectivity index (χ0) is 12.0. The zero-order valence-electron chi connectivity index (χ0n) is 9.93. The van der Waals surface area contributed by atoms with Crippen LogP contribution < -0.4 is 4.90 Å². The average Bonchev–Trinajstić information content (AvgIpc) is 2.81. The standard InChI is InChI=1S/C13H14N2OS/c1-13(2)11(16)14-12(17-13)15-8-7-9-5-3-4-6-10(9)15/h3-6H,7-8H2,1-2H3. The van der Waals surface area contributed by atoms with Gasteiger partial charge in [-0.05, 0) is 31.9 Å². The van der Waals surface area contributed by atoms with Gasteiger partial charge in [0, 0.05) is 12.2 Å². The molecule has 0 saturated carbocycles. The Morgan fingerprint density at radius 3 is 2.82 bits per heavy atom. The van der Waals surface area contributed by atoms with E-state index in [1.165, 1.54) is 11.3 Å². The van der Waals surface area contributed by atoms with Crippen LogP contribution in [0.15, 0.2) is 29.3 Å². The fraction of sp³-hybridized carbons (Fsp3) is 0.385. The maximum absolute atomic E-state index is 11.7. The number of amidine groups is 1. The molecule has 0 aromatic heterocycles. The molecule has 1 amide bonds. The van der Waals surface area contributed by atoms with Gasteiger partial charge in [0.1, 0.15) is 0 Å². The van der Waals surface area contributed by atoms with Gasteiger partial charge in [0.15, 0.2) is 5.17 Å². The summed E-state index contributed by atoms with van der Waals surface area (Å²) >= 11 is 1.56. The molecule has 4 heteroatoms. The van der Waals surface area contributed by atoms with Crippen molar-refractivity contribution in [3.05, 3.63) is 29.8 Å². The van der Waals surface area contributed by atoms with Crippen molar-refractivity contribution in [3.8, 4) is 0 Å². The number of nitrogens with zero attached hydrogens (tertiary/aromatic N) is 2. The lowest BCUT2D eigenvalue weighted by atomic mass is 10.2. The normalized spacial score (nSPS) is 21.6. The van der Waals surface area contributed by atoms with Crippen LogP contribution in [0.25, 0.3) is 0 Å². The molecule has 0 radical (unpaired) electrons. The van der Waals surface area contributed by atoms with E-state index in [4.69, 9.17) is 0 Å². The Kier molecular flexibility index (Phi) is 2.30. The Balaban J connectivity index is 1.94. The van der Waals surface area contributed by atoms with Crippen LogP contribution in [-0.2, 0) is 11.2 Å². The lowest BCUT2D eigenvalue weighted by molar-refractivity contribution is -0.119. The second-order valence-electron chi connectivity index (χ2n) is 4.84. The van der Waals surface area contributed by atoms with E-state index < -0.39 is 4.75 Å². The maximum Gasteiger partial charge on any atom is 0.264 e. The SMILES string of the molecule is CC1(C)SC(N2CCc3ccccc32)=NC1=O. The molecule has 0 unspecified atom stereocenters. The smallest absolute Gasteiger partial charge is 0.264 e. The summed E-state index contributed by atoms with van der Waals surface area (Å²) in [4.78, 5) is 18.1. The first kappa shape index (κ1) is 10.8. The molecule has 0 aliphatic carbocycles. The Bertz CT molecular complexity index is 522. The quantitative estimate of drug-likeness (QED) is 0.705. The van der Waals surface area contributed by atoms with Crippen LogP contribution in [-0.4, -0.2) is 22.4 Å². The molecule has 0 saturated heterocycles. The highest BCUT2D eigenvalue weighted by molar-refractivity contribution is 8.16. The number of hydrogen-bond acceptors (Lipinski definition) is 3. The highest BCUT2D eigenvalue weighted by atomic mass is 32.2. The van der Waals surface area contributed by atoms with Gasteiger partial charge in [-0.2, -0.15) is 4.99 Å². The van der Waals surface area contributed by atoms with Crippen molar-refractivity contribution in [2.24, 2.45) is 4.99 Å². The van der Waals surface area contributed by atoms with Gasteiger partial charge in [0.2, 0.25) is 0 Å². The molecule has 0 atom stereocenters. The largest absolute Gasteiger partial charge is 0.320 e. The first-order chi connectivity index (χ1) is 8.08. The van der Waals surface area contributed by atoms with Crippen LogP contribution in [0, 0.1) is 0 Å². The number of anilines is 1. The highest BCUT2D eigenvalue weighted by Crippen LogP contribution is 2.38. The van der Waals surface area contributed by atoms with Gasteiger partial charge in [0.25, 0.3) is 5.91 Å². The van der Waals surface area contributed by atoms with Crippen molar-refractivity contribution in [2.75, 3.05) is 11.4 Å². The molecule has 2 aliphatic rings. The number of para-hydroxylation sites is 1. The van der Waals surface area contributed by atoms with E-state index in [0.717, 1.165) is 18.1 Å². The minimum Gasteiger partial charge on any atom is -0.320 e. The molecule has 0 fully saturated rings. The van der Waals surface area contributed by atoms with Crippen molar-refractivity contribution in [1.29, 1.82) is 0 Å². The fourth-order valence-corrected chi connectivity index (χ4v) is 3.19. The van der Waals surface area contributed by atoms with Gasteiger partial charge in [-0.15, -0.1) is 0 Å². The summed E-state index contributed by atoms with van der Waals surface area (Å²) in [5.74, 6) is -0.0260. The first-order valence-electron chi connectivity index (χ1n) is 5.75. The summed E-state index contributed by atoms with van der Waals surface area (Å²) < 4.78 is -0.410. The van der Waals surface area contributed by atoms with Crippen LogP contribution in [0.3, 0.4) is 0 Å². The number of carbonyl (C=O) groups is 1. The van der Waals surface area contributed by atoms with Crippen LogP contribution >= 0.6 is 11.8 Å². The summed E-state index contributed by atoms with van der Waals surface area (Å²) in [6, 6.07) is 8.33. The van der Waals surface area contributed by atoms with E-state index >= 15 is 0 Å². The second kappa shape index (κ2) is 3.60. The fourth-order valence-electron chi connectivity index (χ4n) is 2.17. The van der Waals surface area contributed by atoms with Crippen molar-refractivity contribution in [3.63, 3.8) is 0 Å². The number of rotatable bonds is 0. The minimum atomic E-state index is -0.410. The number of aliphatic imine (C=N–C) groups is 1. The average molecular weight is 246 g/mol. The van der Waals surface area contributed by atoms with Crippen molar-refractivity contribution in [1.82, 2.24) is 0 Å². The van der Waals surface area contributed by atoms with Gasteiger partial charge in [0.05, 0.1) is 4.75 Å². The number of amides is 1. The van der Waals surface area contributed by atoms with Gasteiger partial charge in [-0.1, -0.05) is 30.0 Å². The molecular weight excluding hydrogens is 232 g/mol. The van der Waals surface area contributed by atoms with E-state index in [1.54, 1.807) is 11.8 Å². The molecule has 0 bridgehead atoms. The summed E-state index contributed by atoms with van der Waals surface area (Å²) in [6.45, 7) is 4.78. The van der Waals surface area contributed by atoms with Crippen LogP contribution in [0.5, 0.6) is 0 Å². The Morgan fingerprint density at radius 2 is 2.12 bits per heavy atom. The van der Waals surface area contributed by atoms with Crippen LogP contribution in [0.2, 0.25) is 0 Å². The van der Waals surface area contributed by atoms with Gasteiger partial charge in [-0.25, -0.2) is 0 Å². The number of thioether (sulfide) groups is 1. The molecule has 3 nitrogen and oxygen atoms in total. The lowest BCUT2D eigenvalue weighted by Crippen LogP contribution is -2.27. The minimum absolute atomic E-state index is 0.0260. The van der Waals surface area contributed by atoms with E-state index in [0.29, 0.717) is 0 Å². The number of benzene rings is 1. The van der Waals surface area contributed by atoms with Crippen molar-refractivity contribution in [2.45, 2.75) is 25.0 Å². The van der Waals surface area contributed by atoms with Gasteiger partial charge in [-0.3, -0.25) is 4.79 Å². The van der Waals surface area contributed by atoms with Crippen molar-refractivity contribution < 1.29 is 4.79 Å². The predicted molar refractivity (Wildman–Crippen MR) is 71.6 cm³/mol. The maximum atomic E-state index is 11.7. The van der Waals surface area contributed by atoms with Crippen molar-refractivity contribution >= 4 is 28.5 Å². The van der Waals surface area contributed by atoms with E-state index in [1.807, 2.05) is 19.9 Å². The Hall–Kier alpha value is -1.29. The van der Waals surface area contributed by atoms with Gasteiger partial charge >= 0.3 is 0 Å². The molecule has 2 heterocycles. The summed E-state index contributed by atoms with van der Waals surface area (Å²) in [5, 5.41) is 0.852. The number of carbonyl (C=O) groups excluding carboxylic acids is 1. The van der Waals surface area contributed by atoms with E-state index in [-0.39, 0.29) is 5.91 Å². The molecule has 0 spiro atoms. The summed E-state index contributed by atoms with van der Waals surface area (Å²) in [6.07, 6.45) is 1.03. The van der Waals surface area contributed by atoms with Gasteiger partial charge < -0.3 is 4.90 Å². The van der Waals surface area contributed by atoms with Crippen LogP contribution in [0.4, 0.5) is 5.69 Å². The molecule has 2 aliphatic heterocycles. The van der Waals surface area contributed by atoms with Crippen LogP contribution in [0.1, 0.15) is 19.4 Å². The second-order valence-corrected chi connectivity index (χ2v) is 6.43. The lowest BCUT2D eigenvalue weighted by Gasteiger charge is -2.20. The Labute approximate surface area is 105 Å². The third-order valence-electron chi connectivity index (χ3n) is 3.18. The molecule has 88 valence electrons. The first-order valence-corrected chi connectivity index (χ1v) is 6.57. The molecule has 1 aromatic rings. The monoisotopic (exact) mass is 246 g/mol. The number of fused-ring (bicyclic) bond motifs is 1. The molecule has 1 aromatic carbocycles. The molecule has 17 heavy (non-hydrogen) atoms. The Morgan fingerprint density at radius 1 is 1.35 bits per heavy atom. The predicted octanol–water partition coefficient (Wildman–Crippen LogP) is 2.46. The zero-order valence-corrected chi connectivity index (χ0v) is 10.8. The molecule has 0 N–H and O–H groups in total. The third kappa shape index (κ3) is 1.67. The highest BCUT2D eigenvalue weighted by Gasteiger charge is 2.39. The third-order valence-corrected chi connectivity index (χ3v) is 4.36. The summed E-state index contributed by atoms with van der Waals surface area (Å²) in [7, 11) is 0. The van der Waals surface area contributed by atoms with E-state index in [2.05, 4.69) is 28.1 Å². The topological polar surface area (TPSA) is 32.7 Å². The number of hydrogen-bond donors (Lipinski definition) is 0. The summed E-state index contributed by atoms with van der Waals surface area (Å²) in [5.41, 5.74) is 2.54. The molecule has 3 rings (SSSR count).